The van der Waals surface area contributed by atoms with Crippen molar-refractivity contribution in [2.24, 2.45) is 4.99 Å². The lowest BCUT2D eigenvalue weighted by molar-refractivity contribution is 0.0669. The van der Waals surface area contributed by atoms with Gasteiger partial charge in [0.2, 0.25) is 5.82 Å². The summed E-state index contributed by atoms with van der Waals surface area (Å²) < 4.78 is 0. The molecule has 0 saturated heterocycles. The van der Waals surface area contributed by atoms with Crippen LogP contribution < -0.4 is 0 Å². The van der Waals surface area contributed by atoms with Crippen LogP contribution in [0.3, 0.4) is 0 Å². The van der Waals surface area contributed by atoms with Gasteiger partial charge in [0.1, 0.15) is 5.70 Å². The highest BCUT2D eigenvalue weighted by Gasteiger charge is 2.19. The van der Waals surface area contributed by atoms with Crippen LogP contribution in [0.5, 0.6) is 0 Å². The first kappa shape index (κ1) is 17.5. The molecule has 0 atom stereocenters. The molecule has 0 bridgehead atoms. The van der Waals surface area contributed by atoms with E-state index in [1.165, 1.54) is 11.0 Å². The minimum atomic E-state index is -0.567. The highest BCUT2D eigenvalue weighted by atomic mass is 16.3. The standard InChI is InChI=1S/C13H18N6O3/c1-3-5-10(14-4-2)11-15-17-12(18-16-11)13(22)19(6-8-20)7-9-21/h3-5,20-21H,1,6-9H2,2H3/b10-5-,14-4?. The average molecular weight is 306 g/mol. The van der Waals surface area contributed by atoms with Gasteiger partial charge in [0.15, 0.2) is 0 Å². The molecule has 2 N–H and O–H groups in total. The Balaban J connectivity index is 2.98. The summed E-state index contributed by atoms with van der Waals surface area (Å²) in [5.41, 5.74) is 0.416. The summed E-state index contributed by atoms with van der Waals surface area (Å²) in [5, 5.41) is 32.9. The van der Waals surface area contributed by atoms with Gasteiger partial charge in [-0.15, -0.1) is 20.4 Å². The van der Waals surface area contributed by atoms with Crippen molar-refractivity contribution in [2.45, 2.75) is 6.92 Å². The van der Waals surface area contributed by atoms with Gasteiger partial charge in [0, 0.05) is 19.3 Å². The fraction of sp³-hybridized carbons (Fsp3) is 0.385. The molecule has 1 heterocycles. The fourth-order valence-corrected chi connectivity index (χ4v) is 1.54. The van der Waals surface area contributed by atoms with E-state index in [1.807, 2.05) is 0 Å². The van der Waals surface area contributed by atoms with Gasteiger partial charge in [-0.3, -0.25) is 9.79 Å². The van der Waals surface area contributed by atoms with Gasteiger partial charge in [-0.2, -0.15) is 0 Å². The van der Waals surface area contributed by atoms with E-state index in [0.717, 1.165) is 0 Å². The maximum atomic E-state index is 12.1. The molecule has 0 saturated carbocycles. The molecule has 0 spiro atoms. The van der Waals surface area contributed by atoms with E-state index in [4.69, 9.17) is 10.2 Å². The highest BCUT2D eigenvalue weighted by molar-refractivity contribution is 5.90. The third-order valence-corrected chi connectivity index (χ3v) is 2.47. The normalized spacial score (nSPS) is 11.7. The molecule has 1 rings (SSSR count). The highest BCUT2D eigenvalue weighted by Crippen LogP contribution is 2.09. The Morgan fingerprint density at radius 3 is 2.18 bits per heavy atom. The molecule has 0 aliphatic carbocycles. The largest absolute Gasteiger partial charge is 0.395 e. The van der Waals surface area contributed by atoms with E-state index in [-0.39, 0.29) is 38.0 Å². The molecule has 9 heteroatoms. The molecule has 9 nitrogen and oxygen atoms in total. The van der Waals surface area contributed by atoms with Crippen molar-refractivity contribution in [3.05, 3.63) is 30.4 Å². The summed E-state index contributed by atoms with van der Waals surface area (Å²) in [7, 11) is 0. The molecule has 1 aromatic rings. The molecule has 0 aromatic carbocycles. The number of rotatable bonds is 8. The lowest BCUT2D eigenvalue weighted by Gasteiger charge is -2.18. The second-order valence-electron chi connectivity index (χ2n) is 3.96. The van der Waals surface area contributed by atoms with E-state index < -0.39 is 5.91 Å². The average Bonchev–Trinajstić information content (AvgIpc) is 2.54. The molecule has 1 aromatic heterocycles. The summed E-state index contributed by atoms with van der Waals surface area (Å²) in [4.78, 5) is 17.4. The molecule has 0 radical (unpaired) electrons. The molecular weight excluding hydrogens is 288 g/mol. The summed E-state index contributed by atoms with van der Waals surface area (Å²) in [6.07, 6.45) is 4.67. The first-order valence-electron chi connectivity index (χ1n) is 6.58. The van der Waals surface area contributed by atoms with Gasteiger partial charge in [-0.1, -0.05) is 12.7 Å². The van der Waals surface area contributed by atoms with E-state index in [2.05, 4.69) is 32.0 Å². The van der Waals surface area contributed by atoms with Gasteiger partial charge in [0.05, 0.1) is 13.2 Å². The van der Waals surface area contributed by atoms with Crippen molar-refractivity contribution >= 4 is 17.8 Å². The molecule has 0 aliphatic heterocycles. The predicted molar refractivity (Wildman–Crippen MR) is 80.0 cm³/mol. The van der Waals surface area contributed by atoms with Crippen molar-refractivity contribution in [1.82, 2.24) is 25.3 Å². The Bertz CT molecular complexity index is 549. The van der Waals surface area contributed by atoms with Crippen LogP contribution in [-0.4, -0.2) is 73.9 Å². The summed E-state index contributed by atoms with van der Waals surface area (Å²) in [5.74, 6) is -0.627. The number of aliphatic hydroxyl groups excluding tert-OH is 2. The van der Waals surface area contributed by atoms with Gasteiger partial charge >= 0.3 is 0 Å². The molecule has 22 heavy (non-hydrogen) atoms. The van der Waals surface area contributed by atoms with Crippen molar-refractivity contribution < 1.29 is 15.0 Å². The Morgan fingerprint density at radius 2 is 1.73 bits per heavy atom. The Hall–Kier alpha value is -2.52. The minimum Gasteiger partial charge on any atom is -0.395 e. The van der Waals surface area contributed by atoms with Crippen LogP contribution in [0.2, 0.25) is 0 Å². The fourth-order valence-electron chi connectivity index (χ4n) is 1.54. The van der Waals surface area contributed by atoms with Crippen LogP contribution in [0.15, 0.2) is 23.7 Å². The molecule has 0 aliphatic rings. The summed E-state index contributed by atoms with van der Waals surface area (Å²) >= 11 is 0. The maximum Gasteiger partial charge on any atom is 0.295 e. The number of aliphatic hydroxyl groups is 2. The number of carbonyl (C=O) groups is 1. The number of hydrogen-bond donors (Lipinski definition) is 2. The second-order valence-corrected chi connectivity index (χ2v) is 3.96. The first-order chi connectivity index (χ1) is 10.7. The van der Waals surface area contributed by atoms with E-state index in [1.54, 1.807) is 19.2 Å². The van der Waals surface area contributed by atoms with Gasteiger partial charge in [-0.25, -0.2) is 0 Å². The smallest absolute Gasteiger partial charge is 0.295 e. The lowest BCUT2D eigenvalue weighted by atomic mass is 10.4. The van der Waals surface area contributed by atoms with Crippen LogP contribution in [0.4, 0.5) is 0 Å². The van der Waals surface area contributed by atoms with Crippen molar-refractivity contribution in [1.29, 1.82) is 0 Å². The van der Waals surface area contributed by atoms with E-state index in [9.17, 15) is 4.79 Å². The molecule has 118 valence electrons. The number of nitrogens with zero attached hydrogens (tertiary/aromatic N) is 6. The van der Waals surface area contributed by atoms with Crippen molar-refractivity contribution in [3.8, 4) is 0 Å². The SMILES string of the molecule is C=C/C=C(\N=CC)c1nnc(C(=O)N(CCO)CCO)nn1. The van der Waals surface area contributed by atoms with Crippen molar-refractivity contribution in [2.75, 3.05) is 26.3 Å². The predicted octanol–water partition coefficient (Wildman–Crippen LogP) is -0.689. The number of allylic oxidation sites excluding steroid dienone is 2. The number of aromatic nitrogens is 4. The number of amides is 1. The third kappa shape index (κ3) is 4.79. The Labute approximate surface area is 127 Å². The Morgan fingerprint density at radius 1 is 1.18 bits per heavy atom. The lowest BCUT2D eigenvalue weighted by Crippen LogP contribution is -2.37. The van der Waals surface area contributed by atoms with E-state index in [0.29, 0.717) is 5.70 Å². The van der Waals surface area contributed by atoms with Crippen LogP contribution in [0.25, 0.3) is 5.70 Å². The minimum absolute atomic E-state index is 0.0618. The monoisotopic (exact) mass is 306 g/mol. The maximum absolute atomic E-state index is 12.1. The number of hydrogen-bond acceptors (Lipinski definition) is 8. The third-order valence-electron chi connectivity index (χ3n) is 2.47. The molecule has 0 fully saturated rings. The first-order valence-corrected chi connectivity index (χ1v) is 6.58. The number of aliphatic imine (C=N–C) groups is 1. The van der Waals surface area contributed by atoms with Crippen LogP contribution in [0.1, 0.15) is 23.4 Å². The number of carbonyl (C=O) groups excluding carboxylic acids is 1. The van der Waals surface area contributed by atoms with Crippen molar-refractivity contribution in [3.63, 3.8) is 0 Å². The molecule has 0 unspecified atom stereocenters. The van der Waals surface area contributed by atoms with Crippen LogP contribution in [0, 0.1) is 0 Å². The second kappa shape index (κ2) is 9.42. The van der Waals surface area contributed by atoms with Gasteiger partial charge in [-0.05, 0) is 13.0 Å². The molecular formula is C13H18N6O3. The summed E-state index contributed by atoms with van der Waals surface area (Å²) in [6, 6.07) is 0. The van der Waals surface area contributed by atoms with Crippen LogP contribution in [-0.2, 0) is 0 Å². The van der Waals surface area contributed by atoms with Crippen LogP contribution >= 0.6 is 0 Å². The zero-order valence-electron chi connectivity index (χ0n) is 12.3. The topological polar surface area (TPSA) is 125 Å². The summed E-state index contributed by atoms with van der Waals surface area (Å²) in [6.45, 7) is 4.95. The quantitative estimate of drug-likeness (QED) is 0.481. The zero-order valence-corrected chi connectivity index (χ0v) is 12.3. The Kier molecular flexibility index (Phi) is 7.51. The van der Waals surface area contributed by atoms with Gasteiger partial charge in [0.25, 0.3) is 11.7 Å². The molecule has 1 amide bonds. The van der Waals surface area contributed by atoms with E-state index >= 15 is 0 Å². The van der Waals surface area contributed by atoms with Gasteiger partial charge < -0.3 is 15.1 Å². The zero-order chi connectivity index (χ0) is 16.4.